The average molecular weight is 282 g/mol. The number of nitrogens with one attached hydrogen (secondary N) is 1. The van der Waals surface area contributed by atoms with Gasteiger partial charge in [-0.2, -0.15) is 0 Å². The third-order valence-electron chi connectivity index (χ3n) is 2.65. The monoisotopic (exact) mass is 282 g/mol. The van der Waals surface area contributed by atoms with Gasteiger partial charge in [0.25, 0.3) is 0 Å². The first-order valence-corrected chi connectivity index (χ1v) is 6.77. The van der Waals surface area contributed by atoms with E-state index in [1.807, 2.05) is 25.1 Å². The lowest BCUT2D eigenvalue weighted by atomic mass is 10.1. The van der Waals surface area contributed by atoms with Gasteiger partial charge in [0.05, 0.1) is 13.2 Å². The number of methoxy groups -OCH3 is 1. The molecule has 0 atom stereocenters. The van der Waals surface area contributed by atoms with Crippen LogP contribution in [0.3, 0.4) is 0 Å². The number of benzene rings is 1. The van der Waals surface area contributed by atoms with Crippen molar-refractivity contribution in [1.29, 1.82) is 0 Å². The second kappa shape index (κ2) is 8.85. The van der Waals surface area contributed by atoms with Crippen molar-refractivity contribution < 1.29 is 9.47 Å². The van der Waals surface area contributed by atoms with Gasteiger partial charge >= 0.3 is 0 Å². The van der Waals surface area contributed by atoms with Gasteiger partial charge in [0.1, 0.15) is 4.99 Å². The maximum absolute atomic E-state index is 5.72. The highest BCUT2D eigenvalue weighted by Gasteiger charge is 2.04. The standard InChI is InChI=1S/C14H22N2O2S/c1-11-4-5-13(12(10-11)14(15)19)16-6-3-7-18-9-8-17-2/h4-5,10,16H,3,6-9H2,1-2H3,(H2,15,19). The highest BCUT2D eigenvalue weighted by atomic mass is 32.1. The van der Waals surface area contributed by atoms with Crippen LogP contribution >= 0.6 is 12.2 Å². The van der Waals surface area contributed by atoms with Crippen molar-refractivity contribution in [1.82, 2.24) is 0 Å². The predicted octanol–water partition coefficient (Wildman–Crippen LogP) is 2.09. The van der Waals surface area contributed by atoms with Gasteiger partial charge in [-0.05, 0) is 25.5 Å². The van der Waals surface area contributed by atoms with E-state index in [4.69, 9.17) is 27.4 Å². The van der Waals surface area contributed by atoms with Gasteiger partial charge in [-0.15, -0.1) is 0 Å². The van der Waals surface area contributed by atoms with E-state index in [0.717, 1.165) is 29.8 Å². The molecule has 0 aliphatic rings. The summed E-state index contributed by atoms with van der Waals surface area (Å²) >= 11 is 5.06. The van der Waals surface area contributed by atoms with E-state index in [0.29, 0.717) is 24.8 Å². The van der Waals surface area contributed by atoms with Gasteiger partial charge in [0.2, 0.25) is 0 Å². The summed E-state index contributed by atoms with van der Waals surface area (Å²) in [6.45, 7) is 4.83. The second-order valence-electron chi connectivity index (χ2n) is 4.30. The SMILES string of the molecule is COCCOCCCNc1ccc(C)cc1C(N)=S. The van der Waals surface area contributed by atoms with E-state index in [9.17, 15) is 0 Å². The van der Waals surface area contributed by atoms with Crippen LogP contribution in [0.2, 0.25) is 0 Å². The molecule has 1 aromatic carbocycles. The number of anilines is 1. The molecular weight excluding hydrogens is 260 g/mol. The molecule has 19 heavy (non-hydrogen) atoms. The molecule has 0 amide bonds. The molecule has 0 bridgehead atoms. The molecule has 0 heterocycles. The zero-order valence-electron chi connectivity index (χ0n) is 11.6. The summed E-state index contributed by atoms with van der Waals surface area (Å²) in [4.78, 5) is 0.419. The maximum atomic E-state index is 5.72. The number of rotatable bonds is 9. The molecule has 1 rings (SSSR count). The van der Waals surface area contributed by atoms with Crippen LogP contribution < -0.4 is 11.1 Å². The second-order valence-corrected chi connectivity index (χ2v) is 4.74. The quantitative estimate of drug-likeness (QED) is 0.536. The smallest absolute Gasteiger partial charge is 0.106 e. The Morgan fingerprint density at radius 2 is 2.11 bits per heavy atom. The van der Waals surface area contributed by atoms with Crippen molar-refractivity contribution in [3.05, 3.63) is 29.3 Å². The minimum atomic E-state index is 0.419. The molecule has 0 aromatic heterocycles. The Hall–Kier alpha value is -1.17. The molecule has 0 spiro atoms. The van der Waals surface area contributed by atoms with Crippen molar-refractivity contribution in [3.63, 3.8) is 0 Å². The Morgan fingerprint density at radius 1 is 1.32 bits per heavy atom. The molecule has 0 saturated heterocycles. The molecule has 0 saturated carbocycles. The zero-order valence-corrected chi connectivity index (χ0v) is 12.4. The van der Waals surface area contributed by atoms with E-state index < -0.39 is 0 Å². The first kappa shape index (κ1) is 15.9. The first-order valence-electron chi connectivity index (χ1n) is 6.36. The zero-order chi connectivity index (χ0) is 14.1. The molecule has 0 unspecified atom stereocenters. The van der Waals surface area contributed by atoms with Gasteiger partial charge in [0.15, 0.2) is 0 Å². The fraction of sp³-hybridized carbons (Fsp3) is 0.500. The molecule has 0 aliphatic heterocycles. The van der Waals surface area contributed by atoms with E-state index in [1.54, 1.807) is 7.11 Å². The molecule has 1 aromatic rings. The normalized spacial score (nSPS) is 10.4. The summed E-state index contributed by atoms with van der Waals surface area (Å²) in [5.41, 5.74) is 8.75. The van der Waals surface area contributed by atoms with Crippen LogP contribution in [0.15, 0.2) is 18.2 Å². The van der Waals surface area contributed by atoms with Crippen LogP contribution in [0, 0.1) is 6.92 Å². The molecule has 0 radical (unpaired) electrons. The number of ether oxygens (including phenoxy) is 2. The third-order valence-corrected chi connectivity index (χ3v) is 2.87. The Labute approximate surface area is 120 Å². The van der Waals surface area contributed by atoms with E-state index in [2.05, 4.69) is 5.32 Å². The minimum Gasteiger partial charge on any atom is -0.389 e. The minimum absolute atomic E-state index is 0.419. The average Bonchev–Trinajstić information content (AvgIpc) is 2.39. The number of hydrogen-bond acceptors (Lipinski definition) is 4. The molecule has 0 fully saturated rings. The highest BCUT2D eigenvalue weighted by molar-refractivity contribution is 7.80. The van der Waals surface area contributed by atoms with E-state index in [-0.39, 0.29) is 0 Å². The number of hydrogen-bond donors (Lipinski definition) is 2. The van der Waals surface area contributed by atoms with E-state index >= 15 is 0 Å². The van der Waals surface area contributed by atoms with Gasteiger partial charge in [-0.25, -0.2) is 0 Å². The van der Waals surface area contributed by atoms with Crippen LogP contribution in [0.4, 0.5) is 5.69 Å². The lowest BCUT2D eigenvalue weighted by Gasteiger charge is -2.12. The van der Waals surface area contributed by atoms with Crippen LogP contribution in [0.5, 0.6) is 0 Å². The highest BCUT2D eigenvalue weighted by Crippen LogP contribution is 2.17. The van der Waals surface area contributed by atoms with Gasteiger partial charge in [-0.3, -0.25) is 0 Å². The van der Waals surface area contributed by atoms with E-state index in [1.165, 1.54) is 0 Å². The predicted molar refractivity (Wildman–Crippen MR) is 82.9 cm³/mol. The Bertz CT molecular complexity index is 410. The summed E-state index contributed by atoms with van der Waals surface area (Å²) in [6, 6.07) is 6.05. The molecular formula is C14H22N2O2S. The summed E-state index contributed by atoms with van der Waals surface area (Å²) < 4.78 is 10.3. The Kier molecular flexibility index (Phi) is 7.40. The number of thiocarbonyl (C=S) groups is 1. The summed E-state index contributed by atoms with van der Waals surface area (Å²) in [5, 5.41) is 3.33. The Balaban J connectivity index is 2.35. The fourth-order valence-corrected chi connectivity index (χ4v) is 1.83. The Morgan fingerprint density at radius 3 is 2.79 bits per heavy atom. The molecule has 0 aliphatic carbocycles. The fourth-order valence-electron chi connectivity index (χ4n) is 1.66. The molecule has 5 heteroatoms. The summed E-state index contributed by atoms with van der Waals surface area (Å²) in [6.07, 6.45) is 0.925. The van der Waals surface area contributed by atoms with Crippen molar-refractivity contribution in [2.45, 2.75) is 13.3 Å². The van der Waals surface area contributed by atoms with Crippen molar-refractivity contribution in [2.75, 3.05) is 38.8 Å². The first-order chi connectivity index (χ1) is 9.15. The van der Waals surface area contributed by atoms with Crippen molar-refractivity contribution in [2.24, 2.45) is 5.73 Å². The molecule has 106 valence electrons. The third kappa shape index (κ3) is 6.00. The number of aryl methyl sites for hydroxylation is 1. The largest absolute Gasteiger partial charge is 0.389 e. The van der Waals surface area contributed by atoms with Gasteiger partial charge in [0, 0.05) is 31.5 Å². The van der Waals surface area contributed by atoms with Gasteiger partial charge in [-0.1, -0.05) is 23.8 Å². The molecule has 3 N–H and O–H groups in total. The van der Waals surface area contributed by atoms with Gasteiger partial charge < -0.3 is 20.5 Å². The lowest BCUT2D eigenvalue weighted by Crippen LogP contribution is -2.15. The topological polar surface area (TPSA) is 56.5 Å². The van der Waals surface area contributed by atoms with Crippen LogP contribution in [0.25, 0.3) is 0 Å². The number of nitrogens with two attached hydrogens (primary N) is 1. The summed E-state index contributed by atoms with van der Waals surface area (Å²) in [5.74, 6) is 0. The van der Waals surface area contributed by atoms with Crippen molar-refractivity contribution >= 4 is 22.9 Å². The maximum Gasteiger partial charge on any atom is 0.106 e. The lowest BCUT2D eigenvalue weighted by molar-refractivity contribution is 0.0705. The summed E-state index contributed by atoms with van der Waals surface area (Å²) in [7, 11) is 1.67. The van der Waals surface area contributed by atoms with Crippen LogP contribution in [0.1, 0.15) is 17.5 Å². The molecule has 4 nitrogen and oxygen atoms in total. The van der Waals surface area contributed by atoms with Crippen molar-refractivity contribution in [3.8, 4) is 0 Å². The van der Waals surface area contributed by atoms with Crippen LogP contribution in [-0.4, -0.2) is 38.5 Å². The van der Waals surface area contributed by atoms with Crippen LogP contribution in [-0.2, 0) is 9.47 Å².